The first-order valence-electron chi connectivity index (χ1n) is 6.36. The lowest BCUT2D eigenvalue weighted by Crippen LogP contribution is -2.49. The fraction of sp³-hybridized carbons (Fsp3) is 0.500. The molecule has 2 rings (SSSR count). The molecule has 0 bridgehead atoms. The summed E-state index contributed by atoms with van der Waals surface area (Å²) in [4.78, 5) is 3.22. The second-order valence-corrected chi connectivity index (χ2v) is 5.53. The number of ether oxygens (including phenoxy) is 1. The van der Waals surface area contributed by atoms with Gasteiger partial charge in [0.1, 0.15) is 6.07 Å². The molecule has 1 aromatic carbocycles. The monoisotopic (exact) mass is 277 g/mol. The molecule has 19 heavy (non-hydrogen) atoms. The highest BCUT2D eigenvalue weighted by Gasteiger charge is 2.25. The van der Waals surface area contributed by atoms with Gasteiger partial charge in [0.25, 0.3) is 0 Å². The number of anilines is 1. The molecule has 1 heterocycles. The van der Waals surface area contributed by atoms with Gasteiger partial charge in [0, 0.05) is 24.0 Å². The highest BCUT2D eigenvalue weighted by atomic mass is 32.2. The van der Waals surface area contributed by atoms with E-state index in [-0.39, 0.29) is 12.1 Å². The lowest BCUT2D eigenvalue weighted by Gasteiger charge is -2.36. The van der Waals surface area contributed by atoms with Gasteiger partial charge in [-0.15, -0.1) is 11.8 Å². The van der Waals surface area contributed by atoms with E-state index in [0.29, 0.717) is 6.61 Å². The highest BCUT2D eigenvalue weighted by Crippen LogP contribution is 2.30. The summed E-state index contributed by atoms with van der Waals surface area (Å²) in [6.07, 6.45) is 2.02. The van der Waals surface area contributed by atoms with E-state index in [9.17, 15) is 5.26 Å². The van der Waals surface area contributed by atoms with E-state index < -0.39 is 0 Å². The van der Waals surface area contributed by atoms with Gasteiger partial charge < -0.3 is 15.4 Å². The largest absolute Gasteiger partial charge is 0.373 e. The fourth-order valence-corrected chi connectivity index (χ4v) is 2.85. The highest BCUT2D eigenvalue weighted by molar-refractivity contribution is 7.98. The van der Waals surface area contributed by atoms with E-state index in [1.807, 2.05) is 31.4 Å². The molecule has 2 unspecified atom stereocenters. The van der Waals surface area contributed by atoms with Crippen LogP contribution in [0, 0.1) is 11.3 Å². The SMILES string of the molecule is CSc1cccc(N2CCOC(C(C)N)C2)c1C#N. The lowest BCUT2D eigenvalue weighted by atomic mass is 10.1. The Kier molecular flexibility index (Phi) is 4.70. The molecule has 4 nitrogen and oxygen atoms in total. The molecule has 2 atom stereocenters. The summed E-state index contributed by atoms with van der Waals surface area (Å²) < 4.78 is 5.67. The van der Waals surface area contributed by atoms with Crippen LogP contribution < -0.4 is 10.6 Å². The molecule has 2 N–H and O–H groups in total. The summed E-state index contributed by atoms with van der Waals surface area (Å²) in [7, 11) is 0. The number of morpholine rings is 1. The van der Waals surface area contributed by atoms with E-state index in [2.05, 4.69) is 11.0 Å². The second kappa shape index (κ2) is 6.29. The van der Waals surface area contributed by atoms with Crippen LogP contribution in [-0.4, -0.2) is 38.1 Å². The van der Waals surface area contributed by atoms with Gasteiger partial charge in [0.05, 0.1) is 24.0 Å². The summed E-state index contributed by atoms with van der Waals surface area (Å²) in [5.74, 6) is 0. The number of rotatable bonds is 3. The molecule has 1 aliphatic heterocycles. The number of nitrogens with two attached hydrogens (primary N) is 1. The Morgan fingerprint density at radius 3 is 3.00 bits per heavy atom. The molecule has 1 fully saturated rings. The summed E-state index contributed by atoms with van der Waals surface area (Å²) in [6.45, 7) is 4.15. The third-order valence-corrected chi connectivity index (χ3v) is 4.14. The first-order valence-corrected chi connectivity index (χ1v) is 7.59. The molecule has 0 aliphatic carbocycles. The van der Waals surface area contributed by atoms with Crippen LogP contribution in [0.5, 0.6) is 0 Å². The van der Waals surface area contributed by atoms with Crippen molar-refractivity contribution in [1.82, 2.24) is 0 Å². The third kappa shape index (κ3) is 3.03. The van der Waals surface area contributed by atoms with E-state index in [0.717, 1.165) is 29.2 Å². The molecule has 0 saturated carbocycles. The maximum absolute atomic E-state index is 9.39. The van der Waals surface area contributed by atoms with Crippen molar-refractivity contribution in [2.75, 3.05) is 30.9 Å². The van der Waals surface area contributed by atoms with Crippen LogP contribution in [0.4, 0.5) is 5.69 Å². The first kappa shape index (κ1) is 14.2. The average molecular weight is 277 g/mol. The third-order valence-electron chi connectivity index (χ3n) is 3.36. The van der Waals surface area contributed by atoms with Crippen LogP contribution in [0.15, 0.2) is 23.1 Å². The van der Waals surface area contributed by atoms with Gasteiger partial charge in [-0.2, -0.15) is 5.26 Å². The van der Waals surface area contributed by atoms with Crippen molar-refractivity contribution in [1.29, 1.82) is 5.26 Å². The Balaban J connectivity index is 2.29. The molecule has 0 spiro atoms. The van der Waals surface area contributed by atoms with Crippen molar-refractivity contribution in [3.8, 4) is 6.07 Å². The number of thioether (sulfide) groups is 1. The van der Waals surface area contributed by atoms with Crippen LogP contribution >= 0.6 is 11.8 Å². The lowest BCUT2D eigenvalue weighted by molar-refractivity contribution is 0.0276. The topological polar surface area (TPSA) is 62.3 Å². The van der Waals surface area contributed by atoms with Crippen molar-refractivity contribution in [3.05, 3.63) is 23.8 Å². The van der Waals surface area contributed by atoms with Crippen molar-refractivity contribution in [3.63, 3.8) is 0 Å². The predicted octanol–water partition coefficient (Wildman–Crippen LogP) is 1.83. The van der Waals surface area contributed by atoms with E-state index >= 15 is 0 Å². The maximum Gasteiger partial charge on any atom is 0.103 e. The Labute approximate surface area is 118 Å². The van der Waals surface area contributed by atoms with Crippen LogP contribution in [0.25, 0.3) is 0 Å². The van der Waals surface area contributed by atoms with Gasteiger partial charge in [0.15, 0.2) is 0 Å². The van der Waals surface area contributed by atoms with E-state index in [1.54, 1.807) is 11.8 Å². The number of hydrogen-bond donors (Lipinski definition) is 1. The van der Waals surface area contributed by atoms with Gasteiger partial charge in [-0.3, -0.25) is 0 Å². The van der Waals surface area contributed by atoms with Crippen molar-refractivity contribution < 1.29 is 4.74 Å². The Morgan fingerprint density at radius 1 is 1.58 bits per heavy atom. The van der Waals surface area contributed by atoms with Gasteiger partial charge in [-0.05, 0) is 25.3 Å². The Morgan fingerprint density at radius 2 is 2.37 bits per heavy atom. The van der Waals surface area contributed by atoms with Gasteiger partial charge in [0.2, 0.25) is 0 Å². The molecule has 0 amide bonds. The molecule has 5 heteroatoms. The van der Waals surface area contributed by atoms with E-state index in [1.165, 1.54) is 0 Å². The van der Waals surface area contributed by atoms with E-state index in [4.69, 9.17) is 10.5 Å². The number of nitrogens with zero attached hydrogens (tertiary/aromatic N) is 2. The minimum atomic E-state index is -0.00271. The van der Waals surface area contributed by atoms with Crippen LogP contribution in [0.1, 0.15) is 12.5 Å². The quantitative estimate of drug-likeness (QED) is 0.854. The zero-order chi connectivity index (χ0) is 13.8. The first-order chi connectivity index (χ1) is 9.17. The molecular weight excluding hydrogens is 258 g/mol. The number of nitriles is 1. The van der Waals surface area contributed by atoms with Gasteiger partial charge in [-0.1, -0.05) is 6.07 Å². The average Bonchev–Trinajstić information content (AvgIpc) is 2.46. The predicted molar refractivity (Wildman–Crippen MR) is 78.5 cm³/mol. The van der Waals surface area contributed by atoms with Crippen molar-refractivity contribution >= 4 is 17.4 Å². The minimum absolute atomic E-state index is 0.00271. The number of hydrogen-bond acceptors (Lipinski definition) is 5. The second-order valence-electron chi connectivity index (χ2n) is 4.68. The zero-order valence-corrected chi connectivity index (χ0v) is 12.1. The summed E-state index contributed by atoms with van der Waals surface area (Å²) in [5, 5.41) is 9.39. The van der Waals surface area contributed by atoms with Crippen molar-refractivity contribution in [2.24, 2.45) is 5.73 Å². The van der Waals surface area contributed by atoms with Gasteiger partial charge >= 0.3 is 0 Å². The summed E-state index contributed by atoms with van der Waals surface area (Å²) >= 11 is 1.60. The molecule has 1 aromatic rings. The molecule has 0 aromatic heterocycles. The van der Waals surface area contributed by atoms with Crippen molar-refractivity contribution in [2.45, 2.75) is 24.0 Å². The van der Waals surface area contributed by atoms with Crippen LogP contribution in [0.2, 0.25) is 0 Å². The van der Waals surface area contributed by atoms with Crippen LogP contribution in [-0.2, 0) is 4.74 Å². The molecule has 102 valence electrons. The normalized spacial score (nSPS) is 20.9. The minimum Gasteiger partial charge on any atom is -0.373 e. The summed E-state index contributed by atoms with van der Waals surface area (Å²) in [6, 6.07) is 8.30. The van der Waals surface area contributed by atoms with Gasteiger partial charge in [-0.25, -0.2) is 0 Å². The molecule has 1 aliphatic rings. The standard InChI is InChI=1S/C14H19N3OS/c1-10(16)13-9-17(6-7-18-13)12-4-3-5-14(19-2)11(12)8-15/h3-5,10,13H,6-7,9,16H2,1-2H3. The molecule has 0 radical (unpaired) electrons. The zero-order valence-electron chi connectivity index (χ0n) is 11.3. The molecule has 1 saturated heterocycles. The molecular formula is C14H19N3OS. The number of benzene rings is 1. The summed E-state index contributed by atoms with van der Waals surface area (Å²) in [5.41, 5.74) is 7.65. The smallest absolute Gasteiger partial charge is 0.103 e. The van der Waals surface area contributed by atoms with Crippen LogP contribution in [0.3, 0.4) is 0 Å². The Bertz CT molecular complexity index is 484. The maximum atomic E-state index is 9.39. The Hall–Kier alpha value is -1.22. The fourth-order valence-electron chi connectivity index (χ4n) is 2.28.